The summed E-state index contributed by atoms with van der Waals surface area (Å²) in [5, 5.41) is 6.57. The molecule has 0 aliphatic carbocycles. The van der Waals surface area contributed by atoms with Crippen LogP contribution in [0.3, 0.4) is 0 Å². The van der Waals surface area contributed by atoms with Gasteiger partial charge in [0, 0.05) is 39.1 Å². The van der Waals surface area contributed by atoms with Crippen LogP contribution in [0.25, 0.3) is 0 Å². The second-order valence-corrected chi connectivity index (χ2v) is 7.62. The van der Waals surface area contributed by atoms with Gasteiger partial charge in [0.05, 0.1) is 0 Å². The van der Waals surface area contributed by atoms with Gasteiger partial charge in [-0.05, 0) is 63.7 Å². The molecule has 2 saturated heterocycles. The molecule has 27 heavy (non-hydrogen) atoms. The van der Waals surface area contributed by atoms with Crippen molar-refractivity contribution in [2.75, 3.05) is 58.9 Å². The van der Waals surface area contributed by atoms with E-state index in [1.165, 1.54) is 58.5 Å². The molecule has 0 saturated carbocycles. The summed E-state index contributed by atoms with van der Waals surface area (Å²) in [4.78, 5) is 17.2. The molecule has 2 fully saturated rings. The maximum atomic E-state index is 12.1. The molecule has 2 heterocycles. The van der Waals surface area contributed by atoms with Crippen LogP contribution < -0.4 is 10.6 Å². The van der Waals surface area contributed by atoms with Crippen LogP contribution in [0.5, 0.6) is 0 Å². The van der Waals surface area contributed by atoms with Crippen molar-refractivity contribution in [2.24, 2.45) is 11.8 Å². The van der Waals surface area contributed by atoms with E-state index in [0.29, 0.717) is 18.3 Å². The molecule has 8 heteroatoms. The van der Waals surface area contributed by atoms with Crippen LogP contribution in [-0.2, 0) is 4.79 Å². The third-order valence-electron chi connectivity index (χ3n) is 5.78. The maximum Gasteiger partial charge on any atom is 0.220 e. The predicted octanol–water partition coefficient (Wildman–Crippen LogP) is 2.81. The number of carbonyl (C=O) groups is 1. The number of amides is 1. The van der Waals surface area contributed by atoms with E-state index in [1.807, 2.05) is 0 Å². The Morgan fingerprint density at radius 1 is 1.11 bits per heavy atom. The largest absolute Gasteiger partial charge is 0.356 e. The van der Waals surface area contributed by atoms with Crippen LogP contribution in [0.15, 0.2) is 0 Å². The van der Waals surface area contributed by atoms with Gasteiger partial charge >= 0.3 is 0 Å². The summed E-state index contributed by atoms with van der Waals surface area (Å²) in [6.45, 7) is 14.7. The summed E-state index contributed by atoms with van der Waals surface area (Å²) in [7, 11) is 0. The fourth-order valence-corrected chi connectivity index (χ4v) is 3.91. The Labute approximate surface area is 185 Å². The van der Waals surface area contributed by atoms with Crippen molar-refractivity contribution < 1.29 is 4.79 Å². The standard InChI is InChI=1S/C19H38N4O.3ClH/c1-3-22-11-13-23(14-12-22)10-5-4-9-21-19(24)15-17(2)18-7-6-8-20-16-18;;;/h17-18,20H,3-16H2,1-2H3,(H,21,24);3*1H. The molecule has 0 spiro atoms. The Morgan fingerprint density at radius 2 is 1.78 bits per heavy atom. The number of carbonyl (C=O) groups excluding carboxylic acids is 1. The van der Waals surface area contributed by atoms with Crippen molar-refractivity contribution in [3.8, 4) is 0 Å². The Hall–Kier alpha value is 0.220. The first-order valence-electron chi connectivity index (χ1n) is 10.1. The monoisotopic (exact) mass is 446 g/mol. The van der Waals surface area contributed by atoms with Gasteiger partial charge in [-0.1, -0.05) is 13.8 Å². The Kier molecular flexibility index (Phi) is 18.6. The van der Waals surface area contributed by atoms with Gasteiger partial charge in [-0.15, -0.1) is 37.2 Å². The molecule has 2 unspecified atom stereocenters. The maximum absolute atomic E-state index is 12.1. The van der Waals surface area contributed by atoms with Crippen molar-refractivity contribution >= 4 is 43.1 Å². The topological polar surface area (TPSA) is 47.6 Å². The van der Waals surface area contributed by atoms with Crippen LogP contribution >= 0.6 is 37.2 Å². The van der Waals surface area contributed by atoms with Gasteiger partial charge in [-0.25, -0.2) is 0 Å². The zero-order valence-corrected chi connectivity index (χ0v) is 19.5. The van der Waals surface area contributed by atoms with Crippen LogP contribution in [0, 0.1) is 11.8 Å². The highest BCUT2D eigenvalue weighted by Crippen LogP contribution is 2.22. The number of unbranched alkanes of at least 4 members (excludes halogenated alkanes) is 1. The first-order valence-corrected chi connectivity index (χ1v) is 10.1. The normalized spacial score (nSPS) is 21.9. The number of halogens is 3. The molecule has 0 bridgehead atoms. The fourth-order valence-electron chi connectivity index (χ4n) is 3.91. The molecule has 0 aromatic rings. The summed E-state index contributed by atoms with van der Waals surface area (Å²) in [5.74, 6) is 1.41. The number of likely N-dealkylation sites (N-methyl/N-ethyl adjacent to an activating group) is 1. The minimum absolute atomic E-state index is 0. The zero-order valence-electron chi connectivity index (χ0n) is 17.1. The van der Waals surface area contributed by atoms with Gasteiger partial charge in [-0.3, -0.25) is 4.79 Å². The number of piperidine rings is 1. The molecule has 0 radical (unpaired) electrons. The lowest BCUT2D eigenvalue weighted by Gasteiger charge is -2.34. The number of rotatable bonds is 9. The molecule has 0 aromatic heterocycles. The molecular formula is C19H41Cl3N4O. The Balaban J connectivity index is 0. The van der Waals surface area contributed by atoms with Crippen molar-refractivity contribution in [1.29, 1.82) is 0 Å². The first kappa shape index (κ1) is 29.4. The number of nitrogens with one attached hydrogen (secondary N) is 2. The van der Waals surface area contributed by atoms with Gasteiger partial charge < -0.3 is 20.4 Å². The summed E-state index contributed by atoms with van der Waals surface area (Å²) < 4.78 is 0. The zero-order chi connectivity index (χ0) is 17.2. The third-order valence-corrected chi connectivity index (χ3v) is 5.78. The molecule has 2 aliphatic rings. The molecular weight excluding hydrogens is 407 g/mol. The van der Waals surface area contributed by atoms with E-state index in [1.54, 1.807) is 0 Å². The summed E-state index contributed by atoms with van der Waals surface area (Å²) in [6, 6.07) is 0. The highest BCUT2D eigenvalue weighted by Gasteiger charge is 2.21. The Bertz CT molecular complexity index is 363. The molecule has 2 aliphatic heterocycles. The number of hydrogen-bond donors (Lipinski definition) is 2. The van der Waals surface area contributed by atoms with E-state index in [9.17, 15) is 4.79 Å². The van der Waals surface area contributed by atoms with E-state index in [2.05, 4.69) is 34.3 Å². The summed E-state index contributed by atoms with van der Waals surface area (Å²) in [6.07, 6.45) is 5.49. The van der Waals surface area contributed by atoms with Crippen molar-refractivity contribution in [2.45, 2.75) is 46.0 Å². The van der Waals surface area contributed by atoms with Crippen molar-refractivity contribution in [3.05, 3.63) is 0 Å². The molecule has 5 nitrogen and oxygen atoms in total. The lowest BCUT2D eigenvalue weighted by atomic mass is 9.85. The second kappa shape index (κ2) is 17.1. The van der Waals surface area contributed by atoms with Gasteiger partial charge in [0.15, 0.2) is 0 Å². The fraction of sp³-hybridized carbons (Fsp3) is 0.947. The van der Waals surface area contributed by atoms with Crippen molar-refractivity contribution in [3.63, 3.8) is 0 Å². The lowest BCUT2D eigenvalue weighted by molar-refractivity contribution is -0.122. The summed E-state index contributed by atoms with van der Waals surface area (Å²) >= 11 is 0. The predicted molar refractivity (Wildman–Crippen MR) is 122 cm³/mol. The van der Waals surface area contributed by atoms with E-state index >= 15 is 0 Å². The smallest absolute Gasteiger partial charge is 0.220 e. The average Bonchev–Trinajstić information content (AvgIpc) is 2.62. The second-order valence-electron chi connectivity index (χ2n) is 7.62. The quantitative estimate of drug-likeness (QED) is 0.534. The number of hydrogen-bond acceptors (Lipinski definition) is 4. The van der Waals surface area contributed by atoms with Crippen LogP contribution in [0.4, 0.5) is 0 Å². The SMILES string of the molecule is CCN1CCN(CCCCNC(=O)CC(C)C2CCCNC2)CC1.Cl.Cl.Cl. The molecule has 1 amide bonds. The van der Waals surface area contributed by atoms with Gasteiger partial charge in [0.1, 0.15) is 0 Å². The van der Waals surface area contributed by atoms with E-state index in [0.717, 1.165) is 26.1 Å². The van der Waals surface area contributed by atoms with E-state index < -0.39 is 0 Å². The van der Waals surface area contributed by atoms with Crippen LogP contribution in [0.2, 0.25) is 0 Å². The minimum Gasteiger partial charge on any atom is -0.356 e. The molecule has 2 atom stereocenters. The highest BCUT2D eigenvalue weighted by atomic mass is 35.5. The Morgan fingerprint density at radius 3 is 2.37 bits per heavy atom. The molecule has 164 valence electrons. The van der Waals surface area contributed by atoms with E-state index in [-0.39, 0.29) is 43.1 Å². The third kappa shape index (κ3) is 11.7. The molecule has 2 rings (SSSR count). The number of piperazine rings is 1. The minimum atomic E-state index is 0. The van der Waals surface area contributed by atoms with Crippen molar-refractivity contribution in [1.82, 2.24) is 20.4 Å². The highest BCUT2D eigenvalue weighted by molar-refractivity contribution is 5.86. The van der Waals surface area contributed by atoms with Gasteiger partial charge in [-0.2, -0.15) is 0 Å². The van der Waals surface area contributed by atoms with Gasteiger partial charge in [0.2, 0.25) is 5.91 Å². The molecule has 0 aromatic carbocycles. The number of nitrogens with zero attached hydrogens (tertiary/aromatic N) is 2. The van der Waals surface area contributed by atoms with Crippen LogP contribution in [0.1, 0.15) is 46.0 Å². The average molecular weight is 448 g/mol. The summed E-state index contributed by atoms with van der Waals surface area (Å²) in [5.41, 5.74) is 0. The lowest BCUT2D eigenvalue weighted by Crippen LogP contribution is -2.46. The van der Waals surface area contributed by atoms with Gasteiger partial charge in [0.25, 0.3) is 0 Å². The van der Waals surface area contributed by atoms with E-state index in [4.69, 9.17) is 0 Å². The van der Waals surface area contributed by atoms with Crippen LogP contribution in [-0.4, -0.2) is 74.6 Å². The molecule has 2 N–H and O–H groups in total. The first-order chi connectivity index (χ1) is 11.7.